The lowest BCUT2D eigenvalue weighted by atomic mass is 10.1. The first-order valence-corrected chi connectivity index (χ1v) is 8.28. The standard InChI is InChI=1S/C17H23N3S/c1-3-20-15(10-14-11-19-9-8-17(14)18)12-21-16-6-4-13(2)5-7-16/h4-9,11,15,20H,3,10,12H2,1-2H3,(H2,18,19). The van der Waals surface area contributed by atoms with Gasteiger partial charge in [-0.25, -0.2) is 0 Å². The van der Waals surface area contributed by atoms with Crippen molar-refractivity contribution < 1.29 is 0 Å². The third kappa shape index (κ3) is 5.06. The van der Waals surface area contributed by atoms with E-state index in [1.54, 1.807) is 6.20 Å². The quantitative estimate of drug-likeness (QED) is 0.771. The van der Waals surface area contributed by atoms with E-state index in [4.69, 9.17) is 5.73 Å². The second kappa shape index (κ2) is 8.05. The highest BCUT2D eigenvalue weighted by Crippen LogP contribution is 2.21. The monoisotopic (exact) mass is 301 g/mol. The van der Waals surface area contributed by atoms with Crippen LogP contribution in [0.25, 0.3) is 0 Å². The number of thioether (sulfide) groups is 1. The lowest BCUT2D eigenvalue weighted by molar-refractivity contribution is 0.572. The van der Waals surface area contributed by atoms with Gasteiger partial charge in [-0.3, -0.25) is 4.98 Å². The summed E-state index contributed by atoms with van der Waals surface area (Å²) in [5, 5.41) is 3.54. The molecule has 1 atom stereocenters. The minimum Gasteiger partial charge on any atom is -0.398 e. The summed E-state index contributed by atoms with van der Waals surface area (Å²) in [5.41, 5.74) is 9.26. The van der Waals surface area contributed by atoms with Crippen LogP contribution in [0.2, 0.25) is 0 Å². The van der Waals surface area contributed by atoms with Crippen molar-refractivity contribution in [2.75, 3.05) is 18.0 Å². The van der Waals surface area contributed by atoms with E-state index < -0.39 is 0 Å². The smallest absolute Gasteiger partial charge is 0.0378 e. The maximum Gasteiger partial charge on any atom is 0.0378 e. The number of rotatable bonds is 7. The van der Waals surface area contributed by atoms with E-state index in [-0.39, 0.29) is 0 Å². The Bertz CT molecular complexity index is 554. The Hall–Kier alpha value is -1.52. The fourth-order valence-corrected chi connectivity index (χ4v) is 3.14. The first kappa shape index (κ1) is 15.9. The van der Waals surface area contributed by atoms with Crippen molar-refractivity contribution in [1.29, 1.82) is 0 Å². The molecule has 1 aromatic heterocycles. The molecule has 0 amide bonds. The third-order valence-electron chi connectivity index (χ3n) is 3.37. The number of nitrogens with zero attached hydrogens (tertiary/aromatic N) is 1. The van der Waals surface area contributed by atoms with Crippen molar-refractivity contribution in [3.05, 3.63) is 53.9 Å². The molecule has 21 heavy (non-hydrogen) atoms. The van der Waals surface area contributed by atoms with Gasteiger partial charge in [0.2, 0.25) is 0 Å². The van der Waals surface area contributed by atoms with Crippen molar-refractivity contribution in [2.24, 2.45) is 0 Å². The molecule has 0 radical (unpaired) electrons. The second-order valence-corrected chi connectivity index (χ2v) is 6.25. The third-order valence-corrected chi connectivity index (χ3v) is 4.55. The highest BCUT2D eigenvalue weighted by atomic mass is 32.2. The maximum absolute atomic E-state index is 6.01. The number of anilines is 1. The van der Waals surface area contributed by atoms with Crippen LogP contribution in [0.1, 0.15) is 18.1 Å². The van der Waals surface area contributed by atoms with Gasteiger partial charge in [0.15, 0.2) is 0 Å². The summed E-state index contributed by atoms with van der Waals surface area (Å²) in [7, 11) is 0. The molecule has 0 aliphatic carbocycles. The van der Waals surface area contributed by atoms with Crippen LogP contribution in [0.4, 0.5) is 5.69 Å². The van der Waals surface area contributed by atoms with Gasteiger partial charge < -0.3 is 11.1 Å². The average molecular weight is 301 g/mol. The van der Waals surface area contributed by atoms with Crippen molar-refractivity contribution in [2.45, 2.75) is 31.2 Å². The molecule has 4 heteroatoms. The summed E-state index contributed by atoms with van der Waals surface area (Å²) in [6.07, 6.45) is 4.52. The van der Waals surface area contributed by atoms with Crippen LogP contribution >= 0.6 is 11.8 Å². The Balaban J connectivity index is 1.95. The van der Waals surface area contributed by atoms with Crippen LogP contribution in [-0.4, -0.2) is 23.3 Å². The molecule has 2 rings (SSSR count). The lowest BCUT2D eigenvalue weighted by Gasteiger charge is -2.18. The Kier molecular flexibility index (Phi) is 6.08. The van der Waals surface area contributed by atoms with Crippen LogP contribution in [0.5, 0.6) is 0 Å². The predicted molar refractivity (Wildman–Crippen MR) is 91.7 cm³/mol. The van der Waals surface area contributed by atoms with Crippen LogP contribution in [0.3, 0.4) is 0 Å². The summed E-state index contributed by atoms with van der Waals surface area (Å²) in [6, 6.07) is 10.9. The first-order chi connectivity index (χ1) is 10.2. The number of aryl methyl sites for hydroxylation is 1. The Morgan fingerprint density at radius 3 is 2.67 bits per heavy atom. The highest BCUT2D eigenvalue weighted by molar-refractivity contribution is 7.99. The van der Waals surface area contributed by atoms with E-state index in [1.165, 1.54) is 10.5 Å². The molecule has 0 saturated heterocycles. The van der Waals surface area contributed by atoms with Crippen LogP contribution < -0.4 is 11.1 Å². The average Bonchev–Trinajstić information content (AvgIpc) is 2.49. The Morgan fingerprint density at radius 1 is 1.24 bits per heavy atom. The second-order valence-electron chi connectivity index (χ2n) is 5.16. The van der Waals surface area contributed by atoms with E-state index >= 15 is 0 Å². The summed E-state index contributed by atoms with van der Waals surface area (Å²) >= 11 is 1.88. The largest absolute Gasteiger partial charge is 0.398 e. The molecule has 1 aromatic carbocycles. The van der Waals surface area contributed by atoms with E-state index in [9.17, 15) is 0 Å². The zero-order chi connectivity index (χ0) is 15.1. The predicted octanol–water partition coefficient (Wildman–Crippen LogP) is 3.29. The molecule has 1 heterocycles. The molecule has 0 bridgehead atoms. The van der Waals surface area contributed by atoms with Gasteiger partial charge in [0, 0.05) is 34.8 Å². The topological polar surface area (TPSA) is 50.9 Å². The number of pyridine rings is 1. The zero-order valence-corrected chi connectivity index (χ0v) is 13.5. The van der Waals surface area contributed by atoms with Crippen molar-refractivity contribution >= 4 is 17.4 Å². The lowest BCUT2D eigenvalue weighted by Crippen LogP contribution is -2.33. The van der Waals surface area contributed by atoms with Gasteiger partial charge in [-0.15, -0.1) is 11.8 Å². The molecule has 0 aliphatic heterocycles. The summed E-state index contributed by atoms with van der Waals surface area (Å²) < 4.78 is 0. The molecule has 2 aromatic rings. The zero-order valence-electron chi connectivity index (χ0n) is 12.7. The molecule has 0 aliphatic rings. The van der Waals surface area contributed by atoms with Gasteiger partial charge in [0.05, 0.1) is 0 Å². The number of nitrogens with two attached hydrogens (primary N) is 1. The number of benzene rings is 1. The highest BCUT2D eigenvalue weighted by Gasteiger charge is 2.11. The number of hydrogen-bond acceptors (Lipinski definition) is 4. The molecule has 3 N–H and O–H groups in total. The van der Waals surface area contributed by atoms with E-state index in [0.29, 0.717) is 6.04 Å². The fourth-order valence-electron chi connectivity index (χ4n) is 2.18. The van der Waals surface area contributed by atoms with Gasteiger partial charge in [0.1, 0.15) is 0 Å². The van der Waals surface area contributed by atoms with Gasteiger partial charge in [-0.2, -0.15) is 0 Å². The van der Waals surface area contributed by atoms with E-state index in [2.05, 4.69) is 48.4 Å². The maximum atomic E-state index is 6.01. The Labute approximate surface area is 131 Å². The van der Waals surface area contributed by atoms with Crippen molar-refractivity contribution in [1.82, 2.24) is 10.3 Å². The van der Waals surface area contributed by atoms with Crippen LogP contribution in [0.15, 0.2) is 47.6 Å². The molecule has 0 saturated carbocycles. The molecule has 0 fully saturated rings. The molecule has 3 nitrogen and oxygen atoms in total. The van der Waals surface area contributed by atoms with E-state index in [0.717, 1.165) is 30.0 Å². The number of likely N-dealkylation sites (N-methyl/N-ethyl adjacent to an activating group) is 1. The normalized spacial score (nSPS) is 12.3. The molecule has 1 unspecified atom stereocenters. The molecule has 112 valence electrons. The van der Waals surface area contributed by atoms with Gasteiger partial charge >= 0.3 is 0 Å². The van der Waals surface area contributed by atoms with E-state index in [1.807, 2.05) is 24.0 Å². The molecule has 0 spiro atoms. The summed E-state index contributed by atoms with van der Waals surface area (Å²) in [5.74, 6) is 1.02. The SMILES string of the molecule is CCNC(CSc1ccc(C)cc1)Cc1cnccc1N. The molecular formula is C17H23N3S. The number of hydrogen-bond donors (Lipinski definition) is 2. The number of nitrogens with one attached hydrogen (secondary N) is 1. The van der Waals surface area contributed by atoms with Crippen molar-refractivity contribution in [3.63, 3.8) is 0 Å². The van der Waals surface area contributed by atoms with Gasteiger partial charge in [-0.05, 0) is 43.7 Å². The van der Waals surface area contributed by atoms with Gasteiger partial charge in [0.25, 0.3) is 0 Å². The van der Waals surface area contributed by atoms with Gasteiger partial charge in [-0.1, -0.05) is 24.6 Å². The first-order valence-electron chi connectivity index (χ1n) is 7.30. The summed E-state index contributed by atoms with van der Waals surface area (Å²) in [6.45, 7) is 5.20. The van der Waals surface area contributed by atoms with Crippen LogP contribution in [0, 0.1) is 6.92 Å². The fraction of sp³-hybridized carbons (Fsp3) is 0.353. The Morgan fingerprint density at radius 2 is 2.00 bits per heavy atom. The minimum absolute atomic E-state index is 0.396. The van der Waals surface area contributed by atoms with Crippen LogP contribution in [-0.2, 0) is 6.42 Å². The minimum atomic E-state index is 0.396. The van der Waals surface area contributed by atoms with Crippen molar-refractivity contribution in [3.8, 4) is 0 Å². The summed E-state index contributed by atoms with van der Waals surface area (Å²) in [4.78, 5) is 5.48. The number of nitrogen functional groups attached to an aromatic ring is 1. The number of aromatic nitrogens is 1. The molecular weight excluding hydrogens is 278 g/mol.